The maximum Gasteiger partial charge on any atom is 0.305 e. The second-order valence-electron chi connectivity index (χ2n) is 27.7. The van der Waals surface area contributed by atoms with Gasteiger partial charge in [0.1, 0.15) is 0 Å². The molecule has 10 heteroatoms. The molecule has 8 saturated carbocycles. The van der Waals surface area contributed by atoms with Crippen LogP contribution in [0.2, 0.25) is 0 Å². The first-order valence-electron chi connectivity index (χ1n) is 34.3. The number of carbonyl (C=O) groups is 2. The molecule has 0 radical (unpaired) electrons. The van der Waals surface area contributed by atoms with Crippen molar-refractivity contribution in [1.82, 2.24) is 4.90 Å². The van der Waals surface area contributed by atoms with Crippen LogP contribution in [0.25, 0.3) is 0 Å². The molecule has 8 aliphatic rings. The lowest BCUT2D eigenvalue weighted by molar-refractivity contribution is -0.160. The Morgan fingerprint density at radius 3 is 0.949 bits per heavy atom. The topological polar surface area (TPSA) is 113 Å². The van der Waals surface area contributed by atoms with Crippen LogP contribution in [0.3, 0.4) is 0 Å². The summed E-state index contributed by atoms with van der Waals surface area (Å²) in [6.45, 7) is 16.7. The van der Waals surface area contributed by atoms with Gasteiger partial charge in [0.15, 0.2) is 12.6 Å². The van der Waals surface area contributed by atoms with E-state index in [0.29, 0.717) is 38.9 Å². The van der Waals surface area contributed by atoms with Crippen molar-refractivity contribution in [2.24, 2.45) is 94.7 Å². The number of aliphatic hydroxyl groups excluding tert-OH is 1. The van der Waals surface area contributed by atoms with E-state index in [9.17, 15) is 14.7 Å². The van der Waals surface area contributed by atoms with Crippen LogP contribution in [0.1, 0.15) is 246 Å². The lowest BCUT2D eigenvalue weighted by Gasteiger charge is -2.22. The quantitative estimate of drug-likeness (QED) is 0.0359. The molecule has 8 aliphatic carbocycles. The Bertz CT molecular complexity index is 1490. The standard InChI is InChI=1S/C68H119NO9/c1-5-49-37-57(49)45-61-41-53(61)23-33-75-67(76-34-24-54-42-62(54)46-58-38-50(58)6-2)21-19-65(71)73-31-17-11-9-13-27-69(29-15-16-30-70)28-14-10-12-18-32-74-66(72)20-22-68(77-35-25-55-43-63(55)47-59-39-51(59)7-3)78-36-26-56-44-64(56)48-60-40-52(60)8-4/h49-64,67-68,70H,5-48H2,1-4H3. The Morgan fingerprint density at radius 1 is 0.372 bits per heavy atom. The number of rotatable bonds is 52. The first-order valence-corrected chi connectivity index (χ1v) is 34.3. The third-order valence-corrected chi connectivity index (χ3v) is 21.6. The largest absolute Gasteiger partial charge is 0.466 e. The van der Waals surface area contributed by atoms with Gasteiger partial charge >= 0.3 is 11.9 Å². The molecule has 0 bridgehead atoms. The van der Waals surface area contributed by atoms with Crippen molar-refractivity contribution >= 4 is 11.9 Å². The van der Waals surface area contributed by atoms with Gasteiger partial charge in [-0.3, -0.25) is 9.59 Å². The van der Waals surface area contributed by atoms with Gasteiger partial charge in [-0.15, -0.1) is 0 Å². The second kappa shape index (κ2) is 33.9. The molecule has 16 atom stereocenters. The highest BCUT2D eigenvalue weighted by atomic mass is 16.7. The number of esters is 2. The van der Waals surface area contributed by atoms with Crippen molar-refractivity contribution in [2.45, 2.75) is 259 Å². The molecule has 1 N–H and O–H groups in total. The van der Waals surface area contributed by atoms with Gasteiger partial charge in [-0.25, -0.2) is 0 Å². The number of nitrogens with zero attached hydrogens (tertiary/aromatic N) is 1. The van der Waals surface area contributed by atoms with Gasteiger partial charge in [-0.1, -0.05) is 79.1 Å². The van der Waals surface area contributed by atoms with Gasteiger partial charge in [0, 0.05) is 19.4 Å². The van der Waals surface area contributed by atoms with Crippen LogP contribution >= 0.6 is 0 Å². The summed E-state index contributed by atoms with van der Waals surface area (Å²) in [5, 5.41) is 9.45. The first kappa shape index (κ1) is 62.7. The molecular formula is C68H119NO9. The molecule has 0 spiro atoms. The maximum atomic E-state index is 12.9. The fraction of sp³-hybridized carbons (Fsp3) is 0.971. The summed E-state index contributed by atoms with van der Waals surface area (Å²) in [4.78, 5) is 28.3. The highest BCUT2D eigenvalue weighted by Crippen LogP contribution is 2.57. The fourth-order valence-corrected chi connectivity index (χ4v) is 14.9. The van der Waals surface area contributed by atoms with Crippen LogP contribution in [0.15, 0.2) is 0 Å². The third-order valence-electron chi connectivity index (χ3n) is 21.6. The zero-order valence-corrected chi connectivity index (χ0v) is 50.7. The Hall–Kier alpha value is -1.30. The van der Waals surface area contributed by atoms with Crippen LogP contribution < -0.4 is 0 Å². The highest BCUT2D eigenvalue weighted by Gasteiger charge is 2.47. The molecule has 0 amide bonds. The Balaban J connectivity index is 0.626. The van der Waals surface area contributed by atoms with E-state index in [4.69, 9.17) is 28.4 Å². The molecule has 0 heterocycles. The van der Waals surface area contributed by atoms with Gasteiger partial charge in [-0.05, 0) is 256 Å². The highest BCUT2D eigenvalue weighted by molar-refractivity contribution is 5.69. The maximum absolute atomic E-state index is 12.9. The normalized spacial score (nSPS) is 33.4. The van der Waals surface area contributed by atoms with E-state index in [1.807, 2.05) is 0 Å². The number of hydrogen-bond donors (Lipinski definition) is 1. The molecule has 8 fully saturated rings. The van der Waals surface area contributed by atoms with Crippen molar-refractivity contribution in [1.29, 1.82) is 0 Å². The predicted molar refractivity (Wildman–Crippen MR) is 312 cm³/mol. The Labute approximate surface area is 477 Å². The summed E-state index contributed by atoms with van der Waals surface area (Å²) in [6.07, 6.45) is 38.4. The summed E-state index contributed by atoms with van der Waals surface area (Å²) < 4.78 is 36.9. The predicted octanol–water partition coefficient (Wildman–Crippen LogP) is 15.4. The number of carbonyl (C=O) groups excluding carboxylic acids is 2. The van der Waals surface area contributed by atoms with Crippen LogP contribution in [-0.4, -0.2) is 100 Å². The van der Waals surface area contributed by atoms with E-state index >= 15 is 0 Å². The van der Waals surface area contributed by atoms with Gasteiger partial charge in [-0.2, -0.15) is 0 Å². The molecule has 0 aromatic rings. The van der Waals surface area contributed by atoms with Crippen LogP contribution in [0.5, 0.6) is 0 Å². The third kappa shape index (κ3) is 24.1. The summed E-state index contributed by atoms with van der Waals surface area (Å²) in [6, 6.07) is 0. The summed E-state index contributed by atoms with van der Waals surface area (Å²) in [7, 11) is 0. The van der Waals surface area contributed by atoms with E-state index in [2.05, 4.69) is 32.6 Å². The molecule has 16 unspecified atom stereocenters. The number of hydrogen-bond acceptors (Lipinski definition) is 10. The fourth-order valence-electron chi connectivity index (χ4n) is 14.9. The van der Waals surface area contributed by atoms with Gasteiger partial charge in [0.05, 0.1) is 52.5 Å². The van der Waals surface area contributed by atoms with Crippen molar-refractivity contribution < 1.29 is 43.1 Å². The number of aliphatic hydroxyl groups is 1. The molecule has 450 valence electrons. The Morgan fingerprint density at radius 2 is 0.654 bits per heavy atom. The van der Waals surface area contributed by atoms with E-state index in [0.717, 1.165) is 231 Å². The molecule has 0 aliphatic heterocycles. The summed E-state index contributed by atoms with van der Waals surface area (Å²) >= 11 is 0. The molecule has 0 aromatic heterocycles. The zero-order chi connectivity index (χ0) is 54.5. The summed E-state index contributed by atoms with van der Waals surface area (Å²) in [5.74, 6) is 14.6. The van der Waals surface area contributed by atoms with E-state index in [-0.39, 0.29) is 31.1 Å². The first-order chi connectivity index (χ1) is 38.2. The average molecular weight is 1090 g/mol. The van der Waals surface area contributed by atoms with Crippen LogP contribution in [0, 0.1) is 94.7 Å². The van der Waals surface area contributed by atoms with E-state index in [1.165, 1.54) is 103 Å². The van der Waals surface area contributed by atoms with Gasteiger partial charge in [0.25, 0.3) is 0 Å². The smallest absolute Gasteiger partial charge is 0.305 e. The molecule has 78 heavy (non-hydrogen) atoms. The van der Waals surface area contributed by atoms with Gasteiger partial charge in [0.2, 0.25) is 0 Å². The molecule has 0 aromatic carbocycles. The van der Waals surface area contributed by atoms with Gasteiger partial charge < -0.3 is 38.4 Å². The lowest BCUT2D eigenvalue weighted by atomic mass is 10.1. The minimum Gasteiger partial charge on any atom is -0.466 e. The van der Waals surface area contributed by atoms with Crippen molar-refractivity contribution in [3.63, 3.8) is 0 Å². The monoisotopic (exact) mass is 1090 g/mol. The van der Waals surface area contributed by atoms with Crippen LogP contribution in [0.4, 0.5) is 0 Å². The summed E-state index contributed by atoms with van der Waals surface area (Å²) in [5.41, 5.74) is 0. The second-order valence-corrected chi connectivity index (χ2v) is 27.7. The molecule has 8 rings (SSSR count). The Kier molecular flexibility index (Phi) is 27.2. The molecule has 10 nitrogen and oxygen atoms in total. The van der Waals surface area contributed by atoms with Crippen molar-refractivity contribution in [3.05, 3.63) is 0 Å². The molecule has 0 saturated heterocycles. The molecular weight excluding hydrogens is 975 g/mol. The van der Waals surface area contributed by atoms with Crippen molar-refractivity contribution in [2.75, 3.05) is 65.9 Å². The number of unbranched alkanes of at least 4 members (excludes halogenated alkanes) is 7. The average Bonchev–Trinajstić information content (AvgIpc) is 4.25. The lowest BCUT2D eigenvalue weighted by Crippen LogP contribution is -2.27. The van der Waals surface area contributed by atoms with Crippen LogP contribution in [-0.2, 0) is 38.0 Å². The van der Waals surface area contributed by atoms with E-state index < -0.39 is 0 Å². The number of ether oxygens (including phenoxy) is 6. The van der Waals surface area contributed by atoms with Crippen molar-refractivity contribution in [3.8, 4) is 0 Å². The minimum atomic E-state index is -0.312. The zero-order valence-electron chi connectivity index (χ0n) is 50.7. The van der Waals surface area contributed by atoms with E-state index in [1.54, 1.807) is 0 Å². The SMILES string of the molecule is CCC1CC1CC1CC1CCOC(CCC(=O)OCCCCCCN(CCCCO)CCCCCCOC(=O)CCC(OCCC1CC1CC1CC1CC)OCCC1CC1CC1CC1CC)OCCC1CC1CC1CC1CC. The minimum absolute atomic E-state index is 0.129.